The predicted molar refractivity (Wildman–Crippen MR) is 59.8 cm³/mol. The van der Waals surface area contributed by atoms with Crippen molar-refractivity contribution in [2.75, 3.05) is 0 Å². The molecular weight excluding hydrogens is 259 g/mol. The standard InChI is InChI=1S/C12H14F3N3O/c1-2-12(14,15)8-5-7(13)11-16-10(17-18(8)11)9(19)6-3-4-6/h6-8H,2-5H2,1H3/t7-,8?/m1/s1. The summed E-state index contributed by atoms with van der Waals surface area (Å²) >= 11 is 0. The Morgan fingerprint density at radius 2 is 2.16 bits per heavy atom. The van der Waals surface area contributed by atoms with E-state index in [4.69, 9.17) is 0 Å². The van der Waals surface area contributed by atoms with Crippen LogP contribution in [0.2, 0.25) is 0 Å². The predicted octanol–water partition coefficient (Wildman–Crippen LogP) is 2.87. The molecule has 0 amide bonds. The highest BCUT2D eigenvalue weighted by molar-refractivity contribution is 5.95. The molecule has 104 valence electrons. The van der Waals surface area contributed by atoms with Crippen LogP contribution in [0.4, 0.5) is 13.2 Å². The molecule has 1 saturated carbocycles. The van der Waals surface area contributed by atoms with Crippen LogP contribution in [0.3, 0.4) is 0 Å². The zero-order valence-electron chi connectivity index (χ0n) is 10.4. The van der Waals surface area contributed by atoms with Gasteiger partial charge in [-0.05, 0) is 12.8 Å². The fraction of sp³-hybridized carbons (Fsp3) is 0.750. The fourth-order valence-corrected chi connectivity index (χ4v) is 2.40. The average Bonchev–Trinajstić information content (AvgIpc) is 3.05. The van der Waals surface area contributed by atoms with Crippen LogP contribution in [-0.4, -0.2) is 26.5 Å². The first kappa shape index (κ1) is 12.6. The second kappa shape index (κ2) is 4.05. The van der Waals surface area contributed by atoms with Crippen molar-refractivity contribution in [1.29, 1.82) is 0 Å². The number of fused-ring (bicyclic) bond motifs is 1. The van der Waals surface area contributed by atoms with Crippen LogP contribution in [0, 0.1) is 5.92 Å². The maximum atomic E-state index is 13.8. The number of aromatic nitrogens is 3. The Kier molecular flexibility index (Phi) is 2.69. The topological polar surface area (TPSA) is 47.8 Å². The number of Topliss-reactive ketones (excluding diaryl/α,β-unsaturated/α-hetero) is 1. The number of nitrogens with zero attached hydrogens (tertiary/aromatic N) is 3. The first-order valence-electron chi connectivity index (χ1n) is 6.46. The van der Waals surface area contributed by atoms with Crippen LogP contribution >= 0.6 is 0 Å². The molecular formula is C12H14F3N3O. The molecule has 0 saturated heterocycles. The first-order valence-corrected chi connectivity index (χ1v) is 6.46. The Labute approximate surface area is 108 Å². The summed E-state index contributed by atoms with van der Waals surface area (Å²) in [5.41, 5.74) is 0. The van der Waals surface area contributed by atoms with Crippen molar-refractivity contribution >= 4 is 5.78 Å². The van der Waals surface area contributed by atoms with Gasteiger partial charge < -0.3 is 0 Å². The zero-order chi connectivity index (χ0) is 13.8. The van der Waals surface area contributed by atoms with Crippen molar-refractivity contribution in [3.05, 3.63) is 11.6 Å². The van der Waals surface area contributed by atoms with Crippen molar-refractivity contribution in [1.82, 2.24) is 14.8 Å². The van der Waals surface area contributed by atoms with Gasteiger partial charge in [-0.15, -0.1) is 5.10 Å². The quantitative estimate of drug-likeness (QED) is 0.792. The largest absolute Gasteiger partial charge is 0.290 e. The number of halogens is 3. The van der Waals surface area contributed by atoms with E-state index < -0.39 is 24.6 Å². The van der Waals surface area contributed by atoms with Gasteiger partial charge in [0.1, 0.15) is 6.04 Å². The third-order valence-corrected chi connectivity index (χ3v) is 3.79. The highest BCUT2D eigenvalue weighted by Gasteiger charge is 2.49. The Bertz CT molecular complexity index is 524. The Hall–Kier alpha value is -1.40. The lowest BCUT2D eigenvalue weighted by Gasteiger charge is -2.21. The van der Waals surface area contributed by atoms with Gasteiger partial charge in [0, 0.05) is 18.8 Å². The molecule has 0 bridgehead atoms. The number of alkyl halides is 3. The third-order valence-electron chi connectivity index (χ3n) is 3.79. The molecule has 1 aliphatic heterocycles. The molecule has 1 unspecified atom stereocenters. The maximum absolute atomic E-state index is 13.8. The molecule has 0 radical (unpaired) electrons. The van der Waals surface area contributed by atoms with Crippen LogP contribution in [0.15, 0.2) is 0 Å². The summed E-state index contributed by atoms with van der Waals surface area (Å²) in [5.74, 6) is -3.65. The summed E-state index contributed by atoms with van der Waals surface area (Å²) < 4.78 is 42.2. The highest BCUT2D eigenvalue weighted by Crippen LogP contribution is 2.45. The van der Waals surface area contributed by atoms with Gasteiger partial charge in [0.05, 0.1) is 0 Å². The van der Waals surface area contributed by atoms with Crippen LogP contribution in [0.5, 0.6) is 0 Å². The van der Waals surface area contributed by atoms with Crippen LogP contribution in [0.25, 0.3) is 0 Å². The monoisotopic (exact) mass is 273 g/mol. The summed E-state index contributed by atoms with van der Waals surface area (Å²) in [6.07, 6.45) is -0.744. The molecule has 3 rings (SSSR count). The Morgan fingerprint density at radius 1 is 1.47 bits per heavy atom. The number of rotatable bonds is 4. The molecule has 0 aromatic carbocycles. The van der Waals surface area contributed by atoms with E-state index in [0.29, 0.717) is 0 Å². The van der Waals surface area contributed by atoms with E-state index >= 15 is 0 Å². The van der Waals surface area contributed by atoms with Gasteiger partial charge in [-0.1, -0.05) is 6.92 Å². The van der Waals surface area contributed by atoms with E-state index in [2.05, 4.69) is 10.1 Å². The number of hydrogen-bond donors (Lipinski definition) is 0. The minimum absolute atomic E-state index is 0.105. The van der Waals surface area contributed by atoms with Gasteiger partial charge in [-0.2, -0.15) is 0 Å². The van der Waals surface area contributed by atoms with Crippen LogP contribution in [0.1, 0.15) is 61.3 Å². The lowest BCUT2D eigenvalue weighted by Crippen LogP contribution is -2.29. The fourth-order valence-electron chi connectivity index (χ4n) is 2.40. The molecule has 7 heteroatoms. The molecule has 1 aliphatic carbocycles. The second-order valence-electron chi connectivity index (χ2n) is 5.21. The first-order chi connectivity index (χ1) is 8.94. The van der Waals surface area contributed by atoms with E-state index in [1.54, 1.807) is 0 Å². The van der Waals surface area contributed by atoms with Crippen molar-refractivity contribution in [3.63, 3.8) is 0 Å². The lowest BCUT2D eigenvalue weighted by molar-refractivity contribution is -0.0584. The van der Waals surface area contributed by atoms with E-state index in [9.17, 15) is 18.0 Å². The van der Waals surface area contributed by atoms with Crippen LogP contribution in [-0.2, 0) is 0 Å². The average molecular weight is 273 g/mol. The molecule has 2 heterocycles. The Morgan fingerprint density at radius 3 is 2.74 bits per heavy atom. The molecule has 1 fully saturated rings. The SMILES string of the molecule is CCC(F)(F)C1C[C@@H](F)c2nc(C(=O)C3CC3)nn21. The lowest BCUT2D eigenvalue weighted by atomic mass is 10.1. The summed E-state index contributed by atoms with van der Waals surface area (Å²) in [7, 11) is 0. The molecule has 4 nitrogen and oxygen atoms in total. The smallest absolute Gasteiger partial charge is 0.270 e. The molecule has 2 atom stereocenters. The molecule has 0 spiro atoms. The maximum Gasteiger partial charge on any atom is 0.270 e. The Balaban J connectivity index is 1.95. The van der Waals surface area contributed by atoms with Gasteiger partial charge in [0.2, 0.25) is 11.6 Å². The second-order valence-corrected chi connectivity index (χ2v) is 5.21. The van der Waals surface area contributed by atoms with Gasteiger partial charge in [-0.25, -0.2) is 22.8 Å². The van der Waals surface area contributed by atoms with Crippen molar-refractivity contribution in [2.24, 2.45) is 5.92 Å². The normalized spacial score (nSPS) is 26.5. The number of hydrogen-bond acceptors (Lipinski definition) is 3. The molecule has 1 aromatic heterocycles. The minimum Gasteiger partial charge on any atom is -0.290 e. The minimum atomic E-state index is -3.04. The summed E-state index contributed by atoms with van der Waals surface area (Å²) in [6.45, 7) is 1.35. The summed E-state index contributed by atoms with van der Waals surface area (Å²) in [5, 5.41) is 3.83. The molecule has 19 heavy (non-hydrogen) atoms. The molecule has 1 aromatic rings. The van der Waals surface area contributed by atoms with Gasteiger partial charge in [0.15, 0.2) is 12.0 Å². The van der Waals surface area contributed by atoms with Crippen molar-refractivity contribution in [2.45, 2.75) is 50.7 Å². The van der Waals surface area contributed by atoms with Gasteiger partial charge in [0.25, 0.3) is 5.92 Å². The summed E-state index contributed by atoms with van der Waals surface area (Å²) in [6, 6.07) is -1.34. The zero-order valence-corrected chi connectivity index (χ0v) is 10.4. The number of carbonyl (C=O) groups is 1. The van der Waals surface area contributed by atoms with Gasteiger partial charge >= 0.3 is 0 Å². The van der Waals surface area contributed by atoms with E-state index in [1.165, 1.54) is 6.92 Å². The van der Waals surface area contributed by atoms with E-state index in [1.807, 2.05) is 0 Å². The molecule has 0 N–H and O–H groups in total. The number of carbonyl (C=O) groups excluding carboxylic acids is 1. The highest BCUT2D eigenvalue weighted by atomic mass is 19.3. The number of ketones is 1. The van der Waals surface area contributed by atoms with E-state index in [-0.39, 0.29) is 29.8 Å². The van der Waals surface area contributed by atoms with E-state index in [0.717, 1.165) is 17.5 Å². The molecule has 2 aliphatic rings. The van der Waals surface area contributed by atoms with Gasteiger partial charge in [-0.3, -0.25) is 4.79 Å². The van der Waals surface area contributed by atoms with Crippen LogP contribution < -0.4 is 0 Å². The third kappa shape index (κ3) is 1.95. The van der Waals surface area contributed by atoms with Crippen molar-refractivity contribution in [3.8, 4) is 0 Å². The van der Waals surface area contributed by atoms with Crippen molar-refractivity contribution < 1.29 is 18.0 Å². The summed E-state index contributed by atoms with van der Waals surface area (Å²) in [4.78, 5) is 15.6.